The predicted molar refractivity (Wildman–Crippen MR) is 60.1 cm³/mol. The Kier molecular flexibility index (Phi) is 4.93. The van der Waals surface area contributed by atoms with Crippen molar-refractivity contribution in [2.24, 2.45) is 0 Å². The van der Waals surface area contributed by atoms with E-state index in [1.165, 1.54) is 16.9 Å². The number of carbonyl (C=O) groups excluding carboxylic acids is 3. The zero-order valence-electron chi connectivity index (χ0n) is 10.3. The van der Waals surface area contributed by atoms with Crippen LogP contribution in [0, 0.1) is 0 Å². The van der Waals surface area contributed by atoms with Crippen LogP contribution in [-0.2, 0) is 19.1 Å². The van der Waals surface area contributed by atoms with Crippen LogP contribution in [0.4, 0.5) is 0 Å². The Morgan fingerprint density at radius 3 is 2.65 bits per heavy atom. The topological polar surface area (TPSA) is 66.9 Å². The first-order valence-electron chi connectivity index (χ1n) is 5.70. The van der Waals surface area contributed by atoms with E-state index in [1.807, 2.05) is 0 Å². The highest BCUT2D eigenvalue weighted by atomic mass is 16.5. The third-order valence-electron chi connectivity index (χ3n) is 2.78. The van der Waals surface area contributed by atoms with E-state index < -0.39 is 5.97 Å². The van der Waals surface area contributed by atoms with Crippen LogP contribution in [0.25, 0.3) is 0 Å². The second kappa shape index (κ2) is 6.22. The second-order valence-electron chi connectivity index (χ2n) is 3.90. The number of nitrogens with zero attached hydrogens (tertiary/aromatic N) is 2. The Bertz CT molecular complexity index is 317. The number of esters is 1. The Morgan fingerprint density at radius 2 is 2.18 bits per heavy atom. The smallest absolute Gasteiger partial charge is 0.325 e. The molecule has 0 saturated carbocycles. The van der Waals surface area contributed by atoms with Crippen LogP contribution < -0.4 is 0 Å². The standard InChI is InChI=1S/C11H18N2O4/c1-3-12(8-11(16)17-2)10(15)7-13-6-4-5-9(13)14/h3-8H2,1-2H3. The number of ether oxygens (including phenoxy) is 1. The molecule has 0 spiro atoms. The van der Waals surface area contributed by atoms with E-state index in [4.69, 9.17) is 0 Å². The highest BCUT2D eigenvalue weighted by Crippen LogP contribution is 2.09. The fraction of sp³-hybridized carbons (Fsp3) is 0.727. The molecule has 17 heavy (non-hydrogen) atoms. The van der Waals surface area contributed by atoms with Gasteiger partial charge in [-0.25, -0.2) is 0 Å². The van der Waals surface area contributed by atoms with E-state index in [-0.39, 0.29) is 24.9 Å². The highest BCUT2D eigenvalue weighted by molar-refractivity contribution is 5.87. The number of likely N-dealkylation sites (tertiary alicyclic amines) is 1. The van der Waals surface area contributed by atoms with Gasteiger partial charge in [0.1, 0.15) is 6.54 Å². The maximum atomic E-state index is 11.9. The third-order valence-corrected chi connectivity index (χ3v) is 2.78. The first-order valence-corrected chi connectivity index (χ1v) is 5.70. The molecule has 0 atom stereocenters. The largest absolute Gasteiger partial charge is 0.468 e. The highest BCUT2D eigenvalue weighted by Gasteiger charge is 2.25. The average molecular weight is 242 g/mol. The van der Waals surface area contributed by atoms with Crippen LogP contribution in [0.3, 0.4) is 0 Å². The van der Waals surface area contributed by atoms with Crippen molar-refractivity contribution in [1.29, 1.82) is 0 Å². The van der Waals surface area contributed by atoms with Crippen LogP contribution in [0.5, 0.6) is 0 Å². The molecule has 1 fully saturated rings. The summed E-state index contributed by atoms with van der Waals surface area (Å²) in [4.78, 5) is 37.2. The minimum Gasteiger partial charge on any atom is -0.468 e. The molecule has 0 aromatic carbocycles. The summed E-state index contributed by atoms with van der Waals surface area (Å²) in [5, 5.41) is 0. The van der Waals surface area contributed by atoms with E-state index in [9.17, 15) is 14.4 Å². The molecular formula is C11H18N2O4. The first kappa shape index (κ1) is 13.5. The molecule has 96 valence electrons. The van der Waals surface area contributed by atoms with Gasteiger partial charge < -0.3 is 14.5 Å². The Hall–Kier alpha value is -1.59. The molecule has 1 aliphatic rings. The number of likely N-dealkylation sites (N-methyl/N-ethyl adjacent to an activating group) is 1. The molecule has 0 bridgehead atoms. The van der Waals surface area contributed by atoms with Crippen molar-refractivity contribution in [2.75, 3.05) is 33.3 Å². The minimum atomic E-state index is -0.451. The number of carbonyl (C=O) groups is 3. The lowest BCUT2D eigenvalue weighted by Gasteiger charge is -2.23. The van der Waals surface area contributed by atoms with Gasteiger partial charge in [0.25, 0.3) is 0 Å². The monoisotopic (exact) mass is 242 g/mol. The van der Waals surface area contributed by atoms with Crippen LogP contribution in [-0.4, -0.2) is 60.9 Å². The van der Waals surface area contributed by atoms with Crippen molar-refractivity contribution >= 4 is 17.8 Å². The fourth-order valence-electron chi connectivity index (χ4n) is 1.73. The molecule has 2 amide bonds. The molecule has 0 aromatic rings. The maximum absolute atomic E-state index is 11.9. The molecule has 0 radical (unpaired) electrons. The molecule has 6 heteroatoms. The van der Waals surface area contributed by atoms with Crippen molar-refractivity contribution < 1.29 is 19.1 Å². The molecule has 0 unspecified atom stereocenters. The van der Waals surface area contributed by atoms with Crippen LogP contribution >= 0.6 is 0 Å². The SMILES string of the molecule is CCN(CC(=O)OC)C(=O)CN1CCCC1=O. The Balaban J connectivity index is 2.48. The van der Waals surface area contributed by atoms with Crippen LogP contribution in [0.2, 0.25) is 0 Å². The molecule has 0 aromatic heterocycles. The normalized spacial score (nSPS) is 14.9. The van der Waals surface area contributed by atoms with Crippen molar-refractivity contribution in [3.8, 4) is 0 Å². The van der Waals surface area contributed by atoms with Gasteiger partial charge in [-0.1, -0.05) is 0 Å². The number of hydrogen-bond acceptors (Lipinski definition) is 4. The zero-order chi connectivity index (χ0) is 12.8. The average Bonchev–Trinajstić information content (AvgIpc) is 2.71. The molecule has 0 N–H and O–H groups in total. The summed E-state index contributed by atoms with van der Waals surface area (Å²) >= 11 is 0. The maximum Gasteiger partial charge on any atom is 0.325 e. The minimum absolute atomic E-state index is 0.00692. The van der Waals surface area contributed by atoms with Gasteiger partial charge in [-0.3, -0.25) is 14.4 Å². The predicted octanol–water partition coefficient (Wildman–Crippen LogP) is -0.370. The van der Waals surface area contributed by atoms with E-state index in [0.717, 1.165) is 6.42 Å². The van der Waals surface area contributed by atoms with Crippen molar-refractivity contribution in [3.63, 3.8) is 0 Å². The summed E-state index contributed by atoms with van der Waals surface area (Å²) < 4.78 is 4.51. The number of hydrogen-bond donors (Lipinski definition) is 0. The van der Waals surface area contributed by atoms with Gasteiger partial charge in [0.05, 0.1) is 13.7 Å². The van der Waals surface area contributed by atoms with E-state index >= 15 is 0 Å². The molecular weight excluding hydrogens is 224 g/mol. The number of rotatable bonds is 5. The van der Waals surface area contributed by atoms with Gasteiger partial charge in [0.15, 0.2) is 0 Å². The lowest BCUT2D eigenvalue weighted by atomic mass is 10.4. The quantitative estimate of drug-likeness (QED) is 0.617. The molecule has 1 rings (SSSR count). The first-order chi connectivity index (χ1) is 8.08. The Labute approximate surface area is 101 Å². The third kappa shape index (κ3) is 3.72. The zero-order valence-corrected chi connectivity index (χ0v) is 10.3. The summed E-state index contributed by atoms with van der Waals surface area (Å²) in [6.07, 6.45) is 1.31. The van der Waals surface area contributed by atoms with Gasteiger partial charge in [-0.15, -0.1) is 0 Å². The number of amides is 2. The van der Waals surface area contributed by atoms with E-state index in [2.05, 4.69) is 4.74 Å². The number of methoxy groups -OCH3 is 1. The summed E-state index contributed by atoms with van der Waals surface area (Å²) in [6, 6.07) is 0. The Morgan fingerprint density at radius 1 is 1.47 bits per heavy atom. The van der Waals surface area contributed by atoms with Gasteiger partial charge >= 0.3 is 5.97 Å². The van der Waals surface area contributed by atoms with E-state index in [1.54, 1.807) is 6.92 Å². The van der Waals surface area contributed by atoms with Crippen molar-refractivity contribution in [2.45, 2.75) is 19.8 Å². The molecule has 6 nitrogen and oxygen atoms in total. The van der Waals surface area contributed by atoms with Crippen molar-refractivity contribution in [1.82, 2.24) is 9.80 Å². The summed E-state index contributed by atoms with van der Waals surface area (Å²) in [6.45, 7) is 2.83. The molecule has 1 saturated heterocycles. The van der Waals surface area contributed by atoms with Crippen LogP contribution in [0.1, 0.15) is 19.8 Å². The fourth-order valence-corrected chi connectivity index (χ4v) is 1.73. The van der Waals surface area contributed by atoms with E-state index in [0.29, 0.717) is 19.5 Å². The molecule has 0 aliphatic carbocycles. The van der Waals surface area contributed by atoms with Gasteiger partial charge in [-0.05, 0) is 13.3 Å². The lowest BCUT2D eigenvalue weighted by molar-refractivity contribution is -0.147. The summed E-state index contributed by atoms with van der Waals surface area (Å²) in [7, 11) is 1.28. The molecule has 1 heterocycles. The van der Waals surface area contributed by atoms with Gasteiger partial charge in [0, 0.05) is 19.5 Å². The van der Waals surface area contributed by atoms with Gasteiger partial charge in [0.2, 0.25) is 11.8 Å². The van der Waals surface area contributed by atoms with Crippen LogP contribution in [0.15, 0.2) is 0 Å². The van der Waals surface area contributed by atoms with Crippen molar-refractivity contribution in [3.05, 3.63) is 0 Å². The lowest BCUT2D eigenvalue weighted by Crippen LogP contribution is -2.43. The summed E-state index contributed by atoms with van der Waals surface area (Å²) in [5.74, 6) is -0.659. The second-order valence-corrected chi connectivity index (χ2v) is 3.90. The summed E-state index contributed by atoms with van der Waals surface area (Å²) in [5.41, 5.74) is 0. The van der Waals surface area contributed by atoms with Gasteiger partial charge in [-0.2, -0.15) is 0 Å². The molecule has 1 aliphatic heterocycles.